The lowest BCUT2D eigenvalue weighted by Crippen LogP contribution is -2.50. The van der Waals surface area contributed by atoms with Crippen molar-refractivity contribution in [2.45, 2.75) is 64.1 Å². The molecule has 1 aromatic heterocycles. The molecule has 3 aliphatic rings. The summed E-state index contributed by atoms with van der Waals surface area (Å²) in [5, 5.41) is 15.6. The van der Waals surface area contributed by atoms with Gasteiger partial charge < -0.3 is 20.1 Å². The summed E-state index contributed by atoms with van der Waals surface area (Å²) in [6.07, 6.45) is 7.47. The summed E-state index contributed by atoms with van der Waals surface area (Å²) >= 11 is 0. The Balaban J connectivity index is 1.22. The number of likely N-dealkylation sites (tertiary alicyclic amines) is 1. The smallest absolute Gasteiger partial charge is 0.191 e. The van der Waals surface area contributed by atoms with Crippen LogP contribution in [0.3, 0.4) is 0 Å². The van der Waals surface area contributed by atoms with Crippen molar-refractivity contribution in [3.8, 4) is 0 Å². The highest BCUT2D eigenvalue weighted by Gasteiger charge is 2.32. The standard InChI is InChI=1S/C18H31N7/c1-13-22-23-17-6-3-14(12-25(13)17)11-20-18(19-2)21-15-7-9-24(10-8-15)16-4-5-16/h14-16H,3-12H2,1-2H3,(H2,19,20,21). The van der Waals surface area contributed by atoms with Crippen LogP contribution in [-0.2, 0) is 13.0 Å². The second-order valence-corrected chi connectivity index (χ2v) is 7.82. The van der Waals surface area contributed by atoms with Gasteiger partial charge in [0.25, 0.3) is 0 Å². The van der Waals surface area contributed by atoms with E-state index in [-0.39, 0.29) is 0 Å². The van der Waals surface area contributed by atoms with E-state index in [0.717, 1.165) is 43.2 Å². The van der Waals surface area contributed by atoms with E-state index in [1.807, 2.05) is 14.0 Å². The maximum Gasteiger partial charge on any atom is 0.191 e. The molecule has 0 bridgehead atoms. The minimum Gasteiger partial charge on any atom is -0.356 e. The fraction of sp³-hybridized carbons (Fsp3) is 0.833. The minimum absolute atomic E-state index is 0.555. The lowest BCUT2D eigenvalue weighted by molar-refractivity contribution is 0.197. The average molecular weight is 345 g/mol. The average Bonchev–Trinajstić information content (AvgIpc) is 3.43. The number of nitrogens with zero attached hydrogens (tertiary/aromatic N) is 5. The van der Waals surface area contributed by atoms with Crippen LogP contribution < -0.4 is 10.6 Å². The van der Waals surface area contributed by atoms with Crippen molar-refractivity contribution in [3.05, 3.63) is 11.6 Å². The van der Waals surface area contributed by atoms with E-state index >= 15 is 0 Å². The van der Waals surface area contributed by atoms with E-state index in [0.29, 0.717) is 12.0 Å². The molecule has 0 aromatic carbocycles. The molecule has 4 rings (SSSR count). The minimum atomic E-state index is 0.555. The van der Waals surface area contributed by atoms with Gasteiger partial charge in [0.1, 0.15) is 11.6 Å². The third kappa shape index (κ3) is 3.97. The van der Waals surface area contributed by atoms with Crippen molar-refractivity contribution in [2.24, 2.45) is 10.9 Å². The quantitative estimate of drug-likeness (QED) is 0.628. The van der Waals surface area contributed by atoms with Gasteiger partial charge in [0.15, 0.2) is 5.96 Å². The molecule has 7 nitrogen and oxygen atoms in total. The molecule has 138 valence electrons. The van der Waals surface area contributed by atoms with Gasteiger partial charge in [-0.25, -0.2) is 0 Å². The Bertz CT molecular complexity index is 611. The first kappa shape index (κ1) is 16.8. The van der Waals surface area contributed by atoms with Gasteiger partial charge in [-0.05, 0) is 44.9 Å². The molecule has 7 heteroatoms. The molecule has 1 aromatic rings. The van der Waals surface area contributed by atoms with Crippen molar-refractivity contribution in [2.75, 3.05) is 26.7 Å². The van der Waals surface area contributed by atoms with Crippen LogP contribution in [0.4, 0.5) is 0 Å². The highest BCUT2D eigenvalue weighted by Crippen LogP contribution is 2.29. The molecule has 1 saturated heterocycles. The molecule has 1 atom stereocenters. The second kappa shape index (κ2) is 7.32. The Labute approximate surface area is 150 Å². The number of aryl methyl sites for hydroxylation is 2. The summed E-state index contributed by atoms with van der Waals surface area (Å²) in [6, 6.07) is 1.45. The van der Waals surface area contributed by atoms with Gasteiger partial charge in [0.05, 0.1) is 0 Å². The normalized spacial score (nSPS) is 25.7. The van der Waals surface area contributed by atoms with E-state index in [4.69, 9.17) is 0 Å². The highest BCUT2D eigenvalue weighted by molar-refractivity contribution is 5.79. The van der Waals surface area contributed by atoms with Gasteiger partial charge in [0, 0.05) is 51.7 Å². The molecular weight excluding hydrogens is 314 g/mol. The summed E-state index contributed by atoms with van der Waals surface area (Å²) in [5.41, 5.74) is 0. The van der Waals surface area contributed by atoms with Crippen LogP contribution in [0.25, 0.3) is 0 Å². The van der Waals surface area contributed by atoms with Crippen LogP contribution in [0.2, 0.25) is 0 Å². The molecule has 1 saturated carbocycles. The molecule has 2 fully saturated rings. The fourth-order valence-electron chi connectivity index (χ4n) is 4.17. The van der Waals surface area contributed by atoms with E-state index in [1.165, 1.54) is 45.2 Å². The van der Waals surface area contributed by atoms with Crippen molar-refractivity contribution in [3.63, 3.8) is 0 Å². The molecule has 3 heterocycles. The first-order valence-electron chi connectivity index (χ1n) is 9.83. The number of hydrogen-bond donors (Lipinski definition) is 2. The van der Waals surface area contributed by atoms with Crippen LogP contribution >= 0.6 is 0 Å². The van der Waals surface area contributed by atoms with Crippen molar-refractivity contribution in [1.82, 2.24) is 30.3 Å². The Morgan fingerprint density at radius 1 is 1.16 bits per heavy atom. The van der Waals surface area contributed by atoms with E-state index in [2.05, 4.69) is 35.3 Å². The molecule has 2 N–H and O–H groups in total. The van der Waals surface area contributed by atoms with E-state index in [1.54, 1.807) is 0 Å². The molecule has 2 aliphatic heterocycles. The van der Waals surface area contributed by atoms with Gasteiger partial charge in [-0.2, -0.15) is 0 Å². The number of aliphatic imine (C=N–C) groups is 1. The first-order valence-corrected chi connectivity index (χ1v) is 9.83. The number of piperidine rings is 1. The van der Waals surface area contributed by atoms with E-state index in [9.17, 15) is 0 Å². The summed E-state index contributed by atoms with van der Waals surface area (Å²) < 4.78 is 2.26. The number of nitrogens with one attached hydrogen (secondary N) is 2. The Kier molecular flexibility index (Phi) is 4.92. The fourth-order valence-corrected chi connectivity index (χ4v) is 4.17. The van der Waals surface area contributed by atoms with E-state index < -0.39 is 0 Å². The maximum atomic E-state index is 4.43. The number of guanidine groups is 1. The third-order valence-corrected chi connectivity index (χ3v) is 5.94. The predicted octanol–water partition coefficient (Wildman–Crippen LogP) is 0.941. The Morgan fingerprint density at radius 2 is 1.96 bits per heavy atom. The van der Waals surface area contributed by atoms with Gasteiger partial charge in [-0.3, -0.25) is 4.99 Å². The molecule has 1 unspecified atom stereocenters. The van der Waals surface area contributed by atoms with Crippen LogP contribution in [0.5, 0.6) is 0 Å². The van der Waals surface area contributed by atoms with Crippen molar-refractivity contribution >= 4 is 5.96 Å². The van der Waals surface area contributed by atoms with Crippen LogP contribution in [0.15, 0.2) is 4.99 Å². The van der Waals surface area contributed by atoms with Gasteiger partial charge in [0.2, 0.25) is 0 Å². The molecule has 0 spiro atoms. The molecule has 25 heavy (non-hydrogen) atoms. The van der Waals surface area contributed by atoms with Gasteiger partial charge >= 0.3 is 0 Å². The van der Waals surface area contributed by atoms with Crippen molar-refractivity contribution in [1.29, 1.82) is 0 Å². The van der Waals surface area contributed by atoms with Crippen LogP contribution in [0, 0.1) is 12.8 Å². The summed E-state index contributed by atoms with van der Waals surface area (Å²) in [7, 11) is 1.87. The first-order chi connectivity index (χ1) is 12.2. The molecule has 0 radical (unpaired) electrons. The van der Waals surface area contributed by atoms with Gasteiger partial charge in [-0.1, -0.05) is 0 Å². The Hall–Kier alpha value is -1.63. The molecule has 0 amide bonds. The van der Waals surface area contributed by atoms with Crippen LogP contribution in [-0.4, -0.2) is 64.4 Å². The lowest BCUT2D eigenvalue weighted by Gasteiger charge is -2.33. The zero-order chi connectivity index (χ0) is 17.2. The zero-order valence-electron chi connectivity index (χ0n) is 15.5. The summed E-state index contributed by atoms with van der Waals surface area (Å²) in [4.78, 5) is 7.10. The summed E-state index contributed by atoms with van der Waals surface area (Å²) in [5.74, 6) is 3.73. The number of fused-ring (bicyclic) bond motifs is 1. The lowest BCUT2D eigenvalue weighted by atomic mass is 9.99. The highest BCUT2D eigenvalue weighted by atomic mass is 15.3. The summed E-state index contributed by atoms with van der Waals surface area (Å²) in [6.45, 7) is 6.48. The number of aromatic nitrogens is 3. The predicted molar refractivity (Wildman–Crippen MR) is 98.7 cm³/mol. The second-order valence-electron chi connectivity index (χ2n) is 7.82. The maximum absolute atomic E-state index is 4.43. The molecular formula is C18H31N7. The van der Waals surface area contributed by atoms with Crippen molar-refractivity contribution < 1.29 is 0 Å². The largest absolute Gasteiger partial charge is 0.356 e. The number of hydrogen-bond acceptors (Lipinski definition) is 4. The Morgan fingerprint density at radius 3 is 2.68 bits per heavy atom. The zero-order valence-corrected chi connectivity index (χ0v) is 15.5. The van der Waals surface area contributed by atoms with Gasteiger partial charge in [-0.15, -0.1) is 10.2 Å². The third-order valence-electron chi connectivity index (χ3n) is 5.94. The van der Waals surface area contributed by atoms with Crippen LogP contribution in [0.1, 0.15) is 43.8 Å². The SMILES string of the molecule is CN=C(NCC1CCc2nnc(C)n2C1)NC1CCN(C2CC2)CC1. The molecule has 1 aliphatic carbocycles. The topological polar surface area (TPSA) is 70.4 Å². The monoisotopic (exact) mass is 345 g/mol. The number of rotatable bonds is 4.